The highest BCUT2D eigenvalue weighted by Gasteiger charge is 2.28. The zero-order valence-electron chi connectivity index (χ0n) is 19.4. The summed E-state index contributed by atoms with van der Waals surface area (Å²) < 4.78 is 34.0. The zero-order valence-corrected chi connectivity index (χ0v) is 19.4. The van der Waals surface area contributed by atoms with E-state index in [1.807, 2.05) is 18.2 Å². The number of alkyl halides is 2. The number of rotatable bonds is 6. The summed E-state index contributed by atoms with van der Waals surface area (Å²) in [5.41, 5.74) is 2.38. The molecule has 0 radical (unpaired) electrons. The number of ether oxygens (including phenoxy) is 1. The normalized spacial score (nSPS) is 14.6. The van der Waals surface area contributed by atoms with Crippen LogP contribution in [0.2, 0.25) is 0 Å². The number of methoxy groups -OCH3 is 1. The van der Waals surface area contributed by atoms with E-state index in [1.165, 1.54) is 17.8 Å². The Kier molecular flexibility index (Phi) is 6.44. The van der Waals surface area contributed by atoms with Gasteiger partial charge in [0.1, 0.15) is 17.0 Å². The lowest BCUT2D eigenvalue weighted by Gasteiger charge is -2.32. The van der Waals surface area contributed by atoms with Gasteiger partial charge in [0.25, 0.3) is 12.3 Å². The Morgan fingerprint density at radius 1 is 1.09 bits per heavy atom. The van der Waals surface area contributed by atoms with E-state index in [0.29, 0.717) is 36.0 Å². The maximum atomic E-state index is 13.9. The fraction of sp³-hybridized carbons (Fsp3) is 0.296. The topological polar surface area (TPSA) is 59.7 Å². The van der Waals surface area contributed by atoms with Gasteiger partial charge in [-0.15, -0.1) is 0 Å². The van der Waals surface area contributed by atoms with E-state index in [9.17, 15) is 13.6 Å². The second kappa shape index (κ2) is 9.82. The van der Waals surface area contributed by atoms with E-state index >= 15 is 0 Å². The highest BCUT2D eigenvalue weighted by atomic mass is 19.3. The smallest absolute Gasteiger partial charge is 0.280 e. The van der Waals surface area contributed by atoms with Gasteiger partial charge in [0.2, 0.25) is 0 Å². The Hall–Kier alpha value is -3.81. The summed E-state index contributed by atoms with van der Waals surface area (Å²) in [6.07, 6.45) is 1.36. The number of fused-ring (bicyclic) bond motifs is 1. The van der Waals surface area contributed by atoms with Gasteiger partial charge in [0, 0.05) is 18.7 Å². The number of nitrogens with zero attached hydrogens (tertiary/aromatic N) is 4. The summed E-state index contributed by atoms with van der Waals surface area (Å²) in [5.74, 6) is 0.938. The van der Waals surface area contributed by atoms with Crippen molar-refractivity contribution in [1.29, 1.82) is 0 Å². The van der Waals surface area contributed by atoms with Gasteiger partial charge in [-0.1, -0.05) is 30.3 Å². The molecule has 0 aliphatic carbocycles. The van der Waals surface area contributed by atoms with E-state index in [1.54, 1.807) is 36.3 Å². The Balaban J connectivity index is 1.40. The van der Waals surface area contributed by atoms with Crippen molar-refractivity contribution in [2.45, 2.75) is 25.7 Å². The van der Waals surface area contributed by atoms with Crippen LogP contribution in [0.4, 0.5) is 8.78 Å². The van der Waals surface area contributed by atoms with Crippen LogP contribution in [-0.4, -0.2) is 45.6 Å². The van der Waals surface area contributed by atoms with E-state index < -0.39 is 6.43 Å². The molecule has 2 aromatic carbocycles. The Morgan fingerprint density at radius 3 is 2.46 bits per heavy atom. The first-order valence-electron chi connectivity index (χ1n) is 11.7. The minimum absolute atomic E-state index is 0.144. The standard InChI is InChI=1S/C27H26F2N4O2/c1-35-21-9-7-20(8-10-21)23-16-24(25(28)29)33-26(31-23)22(17-30-33)27(34)32-13-11-19(12-14-32)15-18-5-3-2-4-6-18/h2-10,16-17,19,25H,11-15H2,1H3. The van der Waals surface area contributed by atoms with Crippen LogP contribution in [0.15, 0.2) is 66.9 Å². The van der Waals surface area contributed by atoms with Gasteiger partial charge in [-0.2, -0.15) is 5.10 Å². The zero-order chi connectivity index (χ0) is 24.4. The maximum absolute atomic E-state index is 13.9. The van der Waals surface area contributed by atoms with Gasteiger partial charge in [-0.3, -0.25) is 4.79 Å². The number of hydrogen-bond acceptors (Lipinski definition) is 4. The molecule has 6 nitrogen and oxygen atoms in total. The van der Waals surface area contributed by atoms with Crippen LogP contribution in [-0.2, 0) is 6.42 Å². The summed E-state index contributed by atoms with van der Waals surface area (Å²) in [4.78, 5) is 19.7. The molecule has 1 saturated heterocycles. The molecule has 1 aliphatic rings. The number of halogens is 2. The number of aromatic nitrogens is 3. The van der Waals surface area contributed by atoms with Crippen LogP contribution in [0.5, 0.6) is 5.75 Å². The van der Waals surface area contributed by atoms with Gasteiger partial charge in [0.05, 0.1) is 19.0 Å². The molecule has 0 saturated carbocycles. The number of benzene rings is 2. The molecule has 3 heterocycles. The quantitative estimate of drug-likeness (QED) is 0.372. The molecular formula is C27H26F2N4O2. The van der Waals surface area contributed by atoms with Crippen LogP contribution in [0, 0.1) is 5.92 Å². The molecule has 2 aromatic heterocycles. The van der Waals surface area contributed by atoms with Gasteiger partial charge in [-0.25, -0.2) is 18.3 Å². The molecule has 1 aliphatic heterocycles. The number of likely N-dealkylation sites (tertiary alicyclic amines) is 1. The first kappa shape index (κ1) is 23.0. The fourth-order valence-electron chi connectivity index (χ4n) is 4.66. The highest BCUT2D eigenvalue weighted by molar-refractivity contribution is 6.00. The first-order valence-corrected chi connectivity index (χ1v) is 11.7. The van der Waals surface area contributed by atoms with Crippen molar-refractivity contribution in [2.24, 2.45) is 5.92 Å². The number of carbonyl (C=O) groups is 1. The van der Waals surface area contributed by atoms with E-state index in [4.69, 9.17) is 4.74 Å². The minimum Gasteiger partial charge on any atom is -0.497 e. The molecule has 0 N–H and O–H groups in total. The predicted molar refractivity (Wildman–Crippen MR) is 129 cm³/mol. The van der Waals surface area contributed by atoms with Crippen molar-refractivity contribution in [1.82, 2.24) is 19.5 Å². The molecule has 4 aromatic rings. The van der Waals surface area contributed by atoms with Crippen molar-refractivity contribution in [3.8, 4) is 17.0 Å². The average Bonchev–Trinajstić information content (AvgIpc) is 3.33. The lowest BCUT2D eigenvalue weighted by molar-refractivity contribution is 0.0692. The van der Waals surface area contributed by atoms with Crippen LogP contribution < -0.4 is 4.74 Å². The van der Waals surface area contributed by atoms with Crippen molar-refractivity contribution >= 4 is 11.6 Å². The van der Waals surface area contributed by atoms with E-state index in [2.05, 4.69) is 22.2 Å². The Morgan fingerprint density at radius 2 is 1.80 bits per heavy atom. The third kappa shape index (κ3) is 4.73. The SMILES string of the molecule is COc1ccc(-c2cc(C(F)F)n3ncc(C(=O)N4CCC(Cc5ccccc5)CC4)c3n2)cc1. The molecule has 0 spiro atoms. The minimum atomic E-state index is -2.77. The molecule has 35 heavy (non-hydrogen) atoms. The first-order chi connectivity index (χ1) is 17.0. The van der Waals surface area contributed by atoms with Gasteiger partial charge in [0.15, 0.2) is 5.65 Å². The van der Waals surface area contributed by atoms with Crippen molar-refractivity contribution < 1.29 is 18.3 Å². The maximum Gasteiger partial charge on any atom is 0.280 e. The largest absolute Gasteiger partial charge is 0.497 e. The fourth-order valence-corrected chi connectivity index (χ4v) is 4.66. The third-order valence-corrected chi connectivity index (χ3v) is 6.61. The summed E-state index contributed by atoms with van der Waals surface area (Å²) >= 11 is 0. The molecule has 1 fully saturated rings. The lowest BCUT2D eigenvalue weighted by Crippen LogP contribution is -2.39. The summed E-state index contributed by atoms with van der Waals surface area (Å²) in [7, 11) is 1.56. The second-order valence-electron chi connectivity index (χ2n) is 8.81. The van der Waals surface area contributed by atoms with Crippen molar-refractivity contribution in [3.05, 3.63) is 83.7 Å². The van der Waals surface area contributed by atoms with Crippen LogP contribution in [0.25, 0.3) is 16.9 Å². The highest BCUT2D eigenvalue weighted by Crippen LogP contribution is 2.29. The summed E-state index contributed by atoms with van der Waals surface area (Å²) in [6.45, 7) is 1.24. The van der Waals surface area contributed by atoms with Gasteiger partial charge in [-0.05, 0) is 61.1 Å². The number of carbonyl (C=O) groups excluding carboxylic acids is 1. The molecular weight excluding hydrogens is 450 g/mol. The summed E-state index contributed by atoms with van der Waals surface area (Å²) in [6, 6.07) is 18.7. The monoisotopic (exact) mass is 476 g/mol. The Bertz CT molecular complexity index is 1310. The molecule has 0 atom stereocenters. The van der Waals surface area contributed by atoms with Crippen molar-refractivity contribution in [3.63, 3.8) is 0 Å². The lowest BCUT2D eigenvalue weighted by atomic mass is 9.90. The number of hydrogen-bond donors (Lipinski definition) is 0. The molecule has 0 bridgehead atoms. The van der Waals surface area contributed by atoms with Crippen molar-refractivity contribution in [2.75, 3.05) is 20.2 Å². The number of amides is 1. The molecule has 5 rings (SSSR count). The number of piperidine rings is 1. The summed E-state index contributed by atoms with van der Waals surface area (Å²) in [5, 5.41) is 4.10. The molecule has 180 valence electrons. The van der Waals surface area contributed by atoms with Crippen LogP contribution in [0.1, 0.15) is 40.9 Å². The van der Waals surface area contributed by atoms with Gasteiger partial charge >= 0.3 is 0 Å². The van der Waals surface area contributed by atoms with E-state index in [-0.39, 0.29) is 22.8 Å². The predicted octanol–water partition coefficient (Wildman–Crippen LogP) is 5.44. The molecule has 8 heteroatoms. The van der Waals surface area contributed by atoms with Crippen LogP contribution >= 0.6 is 0 Å². The molecule has 0 unspecified atom stereocenters. The average molecular weight is 477 g/mol. The second-order valence-corrected chi connectivity index (χ2v) is 8.81. The Labute approximate surface area is 202 Å². The van der Waals surface area contributed by atoms with Crippen LogP contribution in [0.3, 0.4) is 0 Å². The third-order valence-electron chi connectivity index (χ3n) is 6.61. The molecule has 1 amide bonds. The van der Waals surface area contributed by atoms with E-state index in [0.717, 1.165) is 23.8 Å². The van der Waals surface area contributed by atoms with Gasteiger partial charge < -0.3 is 9.64 Å².